The van der Waals surface area contributed by atoms with Crippen molar-refractivity contribution in [2.75, 3.05) is 13.7 Å². The molecule has 0 aliphatic heterocycles. The van der Waals surface area contributed by atoms with E-state index in [9.17, 15) is 4.79 Å². The zero-order valence-electron chi connectivity index (χ0n) is 11.7. The molecule has 0 fully saturated rings. The third-order valence-electron chi connectivity index (χ3n) is 2.49. The van der Waals surface area contributed by atoms with E-state index in [4.69, 9.17) is 9.47 Å². The monoisotopic (exact) mass is 263 g/mol. The molecular weight excluding hydrogens is 242 g/mol. The summed E-state index contributed by atoms with van der Waals surface area (Å²) in [6.07, 6.45) is 1.83. The molecule has 0 aromatic heterocycles. The highest BCUT2D eigenvalue weighted by Gasteiger charge is 2.20. The topological polar surface area (TPSA) is 47.6 Å². The van der Waals surface area contributed by atoms with Crippen molar-refractivity contribution in [1.29, 1.82) is 0 Å². The van der Waals surface area contributed by atoms with Gasteiger partial charge in [-0.3, -0.25) is 5.32 Å². The molecular formula is C15H21NO3. The highest BCUT2D eigenvalue weighted by atomic mass is 16.5. The number of ether oxygens (including phenoxy) is 2. The van der Waals surface area contributed by atoms with Crippen molar-refractivity contribution in [1.82, 2.24) is 5.32 Å². The molecule has 0 bridgehead atoms. The standard InChI is InChI=1S/C15H21NO3/c1-5-10-16-14(15(17)18-4)12-6-8-13(9-7-12)19-11(2)3/h5-9,11,14,16H,1,10H2,2-4H3. The molecule has 1 N–H and O–H groups in total. The van der Waals surface area contributed by atoms with Gasteiger partial charge in [0.2, 0.25) is 0 Å². The van der Waals surface area contributed by atoms with Crippen molar-refractivity contribution in [2.45, 2.75) is 26.0 Å². The van der Waals surface area contributed by atoms with Crippen LogP contribution in [0.3, 0.4) is 0 Å². The Balaban J connectivity index is 2.83. The molecule has 0 radical (unpaired) electrons. The van der Waals surface area contributed by atoms with Crippen LogP contribution in [0.1, 0.15) is 25.5 Å². The first kappa shape index (κ1) is 15.2. The van der Waals surface area contributed by atoms with Crippen LogP contribution in [0.4, 0.5) is 0 Å². The van der Waals surface area contributed by atoms with Gasteiger partial charge < -0.3 is 9.47 Å². The molecule has 1 rings (SSSR count). The molecule has 19 heavy (non-hydrogen) atoms. The Bertz CT molecular complexity index is 412. The predicted molar refractivity (Wildman–Crippen MR) is 75.2 cm³/mol. The van der Waals surface area contributed by atoms with Gasteiger partial charge in [0.25, 0.3) is 0 Å². The van der Waals surface area contributed by atoms with Gasteiger partial charge in [0.05, 0.1) is 13.2 Å². The van der Waals surface area contributed by atoms with Gasteiger partial charge in [0.15, 0.2) is 0 Å². The lowest BCUT2D eigenvalue weighted by Crippen LogP contribution is -2.29. The van der Waals surface area contributed by atoms with Gasteiger partial charge in [0, 0.05) is 6.54 Å². The van der Waals surface area contributed by atoms with E-state index in [0.29, 0.717) is 6.54 Å². The number of hydrogen-bond acceptors (Lipinski definition) is 4. The lowest BCUT2D eigenvalue weighted by molar-refractivity contribution is -0.143. The summed E-state index contributed by atoms with van der Waals surface area (Å²) in [5, 5.41) is 3.06. The second-order valence-corrected chi connectivity index (χ2v) is 4.39. The van der Waals surface area contributed by atoms with Crippen molar-refractivity contribution in [3.8, 4) is 5.75 Å². The van der Waals surface area contributed by atoms with Crippen LogP contribution >= 0.6 is 0 Å². The minimum absolute atomic E-state index is 0.126. The van der Waals surface area contributed by atoms with Crippen LogP contribution in [-0.4, -0.2) is 25.7 Å². The van der Waals surface area contributed by atoms with E-state index in [-0.39, 0.29) is 12.1 Å². The number of benzene rings is 1. The lowest BCUT2D eigenvalue weighted by atomic mass is 10.1. The van der Waals surface area contributed by atoms with Crippen LogP contribution in [0.25, 0.3) is 0 Å². The summed E-state index contributed by atoms with van der Waals surface area (Å²) in [5.41, 5.74) is 0.838. The van der Waals surface area contributed by atoms with Gasteiger partial charge in [-0.25, -0.2) is 4.79 Å². The molecule has 0 aliphatic rings. The zero-order chi connectivity index (χ0) is 14.3. The number of nitrogens with one attached hydrogen (secondary N) is 1. The molecule has 1 aromatic rings. The number of carbonyl (C=O) groups excluding carboxylic acids is 1. The van der Waals surface area contributed by atoms with E-state index in [1.54, 1.807) is 6.08 Å². The van der Waals surface area contributed by atoms with Crippen LogP contribution < -0.4 is 10.1 Å². The summed E-state index contributed by atoms with van der Waals surface area (Å²) >= 11 is 0. The van der Waals surface area contributed by atoms with Gasteiger partial charge in [0.1, 0.15) is 11.8 Å². The summed E-state index contributed by atoms with van der Waals surface area (Å²) in [7, 11) is 1.38. The van der Waals surface area contributed by atoms with Crippen molar-refractivity contribution in [2.24, 2.45) is 0 Å². The lowest BCUT2D eigenvalue weighted by Gasteiger charge is -2.17. The van der Waals surface area contributed by atoms with E-state index in [0.717, 1.165) is 11.3 Å². The minimum atomic E-state index is -0.490. The molecule has 1 atom stereocenters. The SMILES string of the molecule is C=CCNC(C(=O)OC)c1ccc(OC(C)C)cc1. The molecule has 0 saturated heterocycles. The smallest absolute Gasteiger partial charge is 0.327 e. The highest BCUT2D eigenvalue weighted by molar-refractivity contribution is 5.77. The fourth-order valence-electron chi connectivity index (χ4n) is 1.67. The van der Waals surface area contributed by atoms with E-state index in [2.05, 4.69) is 11.9 Å². The second kappa shape index (κ2) is 7.59. The maximum absolute atomic E-state index is 11.7. The van der Waals surface area contributed by atoms with E-state index in [1.807, 2.05) is 38.1 Å². The van der Waals surface area contributed by atoms with Crippen LogP contribution in [0.15, 0.2) is 36.9 Å². The fourth-order valence-corrected chi connectivity index (χ4v) is 1.67. The van der Waals surface area contributed by atoms with E-state index >= 15 is 0 Å². The normalized spacial score (nSPS) is 12.0. The van der Waals surface area contributed by atoms with Crippen molar-refractivity contribution in [3.05, 3.63) is 42.5 Å². The molecule has 0 heterocycles. The average Bonchev–Trinajstić information content (AvgIpc) is 2.40. The quantitative estimate of drug-likeness (QED) is 0.606. The number of hydrogen-bond donors (Lipinski definition) is 1. The maximum atomic E-state index is 11.7. The first-order valence-corrected chi connectivity index (χ1v) is 6.27. The number of esters is 1. The molecule has 0 spiro atoms. The van der Waals surface area contributed by atoms with Crippen molar-refractivity contribution in [3.63, 3.8) is 0 Å². The first-order valence-electron chi connectivity index (χ1n) is 6.27. The first-order chi connectivity index (χ1) is 9.08. The number of rotatable bonds is 7. The average molecular weight is 263 g/mol. The largest absolute Gasteiger partial charge is 0.491 e. The predicted octanol–water partition coefficient (Wildman–Crippen LogP) is 2.46. The summed E-state index contributed by atoms with van der Waals surface area (Å²) in [5.74, 6) is 0.463. The van der Waals surface area contributed by atoms with Crippen molar-refractivity contribution < 1.29 is 14.3 Å². The molecule has 0 amide bonds. The molecule has 4 heteroatoms. The Morgan fingerprint density at radius 1 is 1.37 bits per heavy atom. The second-order valence-electron chi connectivity index (χ2n) is 4.39. The number of carbonyl (C=O) groups is 1. The Kier molecular flexibility index (Phi) is 6.09. The van der Waals surface area contributed by atoms with Crippen LogP contribution in [0, 0.1) is 0 Å². The third kappa shape index (κ3) is 4.75. The molecule has 1 aromatic carbocycles. The Morgan fingerprint density at radius 2 is 2.00 bits per heavy atom. The van der Waals surface area contributed by atoms with Crippen LogP contribution in [0.5, 0.6) is 5.75 Å². The third-order valence-corrected chi connectivity index (χ3v) is 2.49. The summed E-state index contributed by atoms with van der Waals surface area (Å²) in [4.78, 5) is 11.7. The van der Waals surface area contributed by atoms with Gasteiger partial charge in [-0.1, -0.05) is 18.2 Å². The molecule has 104 valence electrons. The van der Waals surface area contributed by atoms with Crippen molar-refractivity contribution >= 4 is 5.97 Å². The van der Waals surface area contributed by atoms with Gasteiger partial charge in [-0.15, -0.1) is 6.58 Å². The molecule has 1 unspecified atom stereocenters. The summed E-state index contributed by atoms with van der Waals surface area (Å²) in [6, 6.07) is 6.92. The summed E-state index contributed by atoms with van der Waals surface area (Å²) in [6.45, 7) is 8.09. The van der Waals surface area contributed by atoms with E-state index < -0.39 is 6.04 Å². The maximum Gasteiger partial charge on any atom is 0.327 e. The fraction of sp³-hybridized carbons (Fsp3) is 0.400. The molecule has 0 aliphatic carbocycles. The molecule has 0 saturated carbocycles. The van der Waals surface area contributed by atoms with Gasteiger partial charge >= 0.3 is 5.97 Å². The Hall–Kier alpha value is -1.81. The minimum Gasteiger partial charge on any atom is -0.491 e. The van der Waals surface area contributed by atoms with E-state index in [1.165, 1.54) is 7.11 Å². The number of methoxy groups -OCH3 is 1. The molecule has 4 nitrogen and oxygen atoms in total. The Labute approximate surface area is 114 Å². The van der Waals surface area contributed by atoms with Gasteiger partial charge in [-0.05, 0) is 31.5 Å². The Morgan fingerprint density at radius 3 is 2.47 bits per heavy atom. The zero-order valence-corrected chi connectivity index (χ0v) is 11.7. The van der Waals surface area contributed by atoms with Crippen LogP contribution in [0.2, 0.25) is 0 Å². The highest BCUT2D eigenvalue weighted by Crippen LogP contribution is 2.19. The summed E-state index contributed by atoms with van der Waals surface area (Å²) < 4.78 is 10.4. The van der Waals surface area contributed by atoms with Crippen LogP contribution in [-0.2, 0) is 9.53 Å². The van der Waals surface area contributed by atoms with Gasteiger partial charge in [-0.2, -0.15) is 0 Å².